The third-order valence-corrected chi connectivity index (χ3v) is 6.98. The lowest BCUT2D eigenvalue weighted by Gasteiger charge is -2.38. The zero-order valence-corrected chi connectivity index (χ0v) is 20.7. The molecule has 1 fully saturated rings. The molecule has 34 heavy (non-hydrogen) atoms. The molecule has 0 spiro atoms. The Morgan fingerprint density at radius 3 is 2.44 bits per heavy atom. The van der Waals surface area contributed by atoms with Crippen molar-refractivity contribution in [3.8, 4) is 5.75 Å². The van der Waals surface area contributed by atoms with Crippen molar-refractivity contribution in [2.45, 2.75) is 38.5 Å². The van der Waals surface area contributed by atoms with Crippen molar-refractivity contribution in [2.24, 2.45) is 5.92 Å². The van der Waals surface area contributed by atoms with Crippen LogP contribution in [0, 0.1) is 12.8 Å². The minimum atomic E-state index is -4.69. The second-order valence-electron chi connectivity index (χ2n) is 8.02. The van der Waals surface area contributed by atoms with Gasteiger partial charge in [-0.05, 0) is 31.7 Å². The number of carbonyl (C=O) groups is 1. The predicted molar refractivity (Wildman–Crippen MR) is 124 cm³/mol. The summed E-state index contributed by atoms with van der Waals surface area (Å²) in [6.45, 7) is 1.84. The van der Waals surface area contributed by atoms with Gasteiger partial charge in [0.1, 0.15) is 12.4 Å². The number of carbonyl (C=O) groups excluding carboxylic acids is 1. The average Bonchev–Trinajstić information content (AvgIpc) is 3.07. The molecule has 13 heteroatoms. The van der Waals surface area contributed by atoms with Crippen molar-refractivity contribution < 1.29 is 27.8 Å². The first kappa shape index (κ1) is 26.7. The van der Waals surface area contributed by atoms with Crippen molar-refractivity contribution in [2.75, 3.05) is 31.7 Å². The number of hydrogen-bond donors (Lipinski definition) is 2. The number of amides is 1. The lowest BCUT2D eigenvalue weighted by molar-refractivity contribution is -0.141. The average molecular weight is 544 g/mol. The van der Waals surface area contributed by atoms with Crippen LogP contribution in [-0.2, 0) is 17.5 Å². The molecule has 3 rings (SSSR count). The molecule has 7 nitrogen and oxygen atoms in total. The van der Waals surface area contributed by atoms with Crippen LogP contribution >= 0.6 is 34.8 Å². The highest BCUT2D eigenvalue weighted by atomic mass is 35.5. The molecule has 1 saturated heterocycles. The number of methoxy groups -OCH3 is 1. The summed E-state index contributed by atoms with van der Waals surface area (Å²) >= 11 is 18.4. The molecular formula is C21H24Cl3F3N4O3. The Hall–Kier alpha value is -1.88. The summed E-state index contributed by atoms with van der Waals surface area (Å²) in [6, 6.07) is 2.80. The number of hydrogen-bond acceptors (Lipinski definition) is 5. The normalized spacial score (nSPS) is 16.0. The van der Waals surface area contributed by atoms with Crippen LogP contribution in [0.15, 0.2) is 12.1 Å². The number of aliphatic hydroxyl groups excluding tert-OH is 1. The van der Waals surface area contributed by atoms with Crippen molar-refractivity contribution in [1.82, 2.24) is 15.1 Å². The fourth-order valence-corrected chi connectivity index (χ4v) is 4.92. The fourth-order valence-electron chi connectivity index (χ4n) is 4.09. The molecule has 2 N–H and O–H groups in total. The number of nitrogens with one attached hydrogen (secondary N) is 1. The number of rotatable bonds is 7. The summed E-state index contributed by atoms with van der Waals surface area (Å²) in [7, 11) is 1.51. The maximum Gasteiger partial charge on any atom is 0.436 e. The van der Waals surface area contributed by atoms with E-state index >= 15 is 0 Å². The third kappa shape index (κ3) is 5.84. The van der Waals surface area contributed by atoms with Crippen LogP contribution in [0.1, 0.15) is 24.2 Å². The van der Waals surface area contributed by atoms with Crippen LogP contribution in [0.2, 0.25) is 15.1 Å². The fraction of sp³-hybridized carbons (Fsp3) is 0.524. The Balaban J connectivity index is 1.78. The van der Waals surface area contributed by atoms with Crippen LogP contribution in [0.5, 0.6) is 5.75 Å². The number of aliphatic hydroxyl groups is 1. The molecule has 188 valence electrons. The van der Waals surface area contributed by atoms with Crippen LogP contribution in [0.4, 0.5) is 18.9 Å². The first-order valence-electron chi connectivity index (χ1n) is 10.4. The van der Waals surface area contributed by atoms with E-state index in [2.05, 4.69) is 15.3 Å². The number of anilines is 1. The molecule has 1 aromatic carbocycles. The van der Waals surface area contributed by atoms with Crippen molar-refractivity contribution in [1.29, 1.82) is 0 Å². The Bertz CT molecular complexity index is 1040. The summed E-state index contributed by atoms with van der Waals surface area (Å²) in [4.78, 5) is 14.0. The number of alkyl halides is 3. The highest BCUT2D eigenvalue weighted by molar-refractivity contribution is 6.37. The van der Waals surface area contributed by atoms with Crippen molar-refractivity contribution in [3.05, 3.63) is 38.6 Å². The Morgan fingerprint density at radius 2 is 1.91 bits per heavy atom. The minimum Gasteiger partial charge on any atom is -0.495 e. The highest BCUT2D eigenvalue weighted by Gasteiger charge is 2.39. The van der Waals surface area contributed by atoms with E-state index < -0.39 is 35.4 Å². The Labute approximate surface area is 209 Å². The van der Waals surface area contributed by atoms with Gasteiger partial charge in [0.25, 0.3) is 0 Å². The van der Waals surface area contributed by atoms with E-state index in [0.717, 1.165) is 10.4 Å². The largest absolute Gasteiger partial charge is 0.495 e. The van der Waals surface area contributed by atoms with E-state index in [1.54, 1.807) is 12.1 Å². The maximum atomic E-state index is 13.2. The number of nitrogens with zero attached hydrogens (tertiary/aromatic N) is 3. The molecule has 1 aliphatic heterocycles. The van der Waals surface area contributed by atoms with Crippen LogP contribution in [0.3, 0.4) is 0 Å². The summed E-state index contributed by atoms with van der Waals surface area (Å²) in [6.07, 6.45) is -3.48. The maximum absolute atomic E-state index is 13.2. The first-order chi connectivity index (χ1) is 16.0. The molecule has 0 aliphatic carbocycles. The van der Waals surface area contributed by atoms with Crippen molar-refractivity contribution >= 4 is 46.4 Å². The molecule has 2 aromatic rings. The van der Waals surface area contributed by atoms with Gasteiger partial charge in [0.15, 0.2) is 5.69 Å². The molecule has 2 heterocycles. The molecule has 1 amide bonds. The van der Waals surface area contributed by atoms with E-state index in [1.165, 1.54) is 14.0 Å². The summed E-state index contributed by atoms with van der Waals surface area (Å²) < 4.78 is 46.1. The van der Waals surface area contributed by atoms with Gasteiger partial charge in [0, 0.05) is 19.2 Å². The predicted octanol–water partition coefficient (Wildman–Crippen LogP) is 4.57. The van der Waals surface area contributed by atoms with Gasteiger partial charge in [-0.3, -0.25) is 9.48 Å². The van der Waals surface area contributed by atoms with Crippen LogP contribution < -0.4 is 15.0 Å². The van der Waals surface area contributed by atoms with E-state index in [4.69, 9.17) is 39.5 Å². The molecule has 1 aliphatic rings. The number of halogens is 6. The lowest BCUT2D eigenvalue weighted by Crippen LogP contribution is -2.48. The third-order valence-electron chi connectivity index (χ3n) is 5.93. The van der Waals surface area contributed by atoms with E-state index in [-0.39, 0.29) is 18.2 Å². The molecule has 0 bridgehead atoms. The monoisotopic (exact) mass is 542 g/mol. The van der Waals surface area contributed by atoms with Gasteiger partial charge >= 0.3 is 6.18 Å². The molecule has 0 radical (unpaired) electrons. The standard InChI is InChI=1S/C21H24Cl3F3N4O3/c1-11-19(24)20(21(25,26)27)29-31(11)9-15(28-18(33)10-32)12-3-5-30(6-4-12)16-8-17(34-2)14(23)7-13(16)22/h7-8,12,15,32H,3-6,9-10H2,1-2H3,(H,28,33). The summed E-state index contributed by atoms with van der Waals surface area (Å²) in [5.41, 5.74) is -0.267. The van der Waals surface area contributed by atoms with Crippen LogP contribution in [0.25, 0.3) is 0 Å². The van der Waals surface area contributed by atoms with Gasteiger partial charge in [-0.1, -0.05) is 34.8 Å². The second-order valence-corrected chi connectivity index (χ2v) is 9.21. The SMILES string of the molecule is COc1cc(N2CCC(C(Cn3nc(C(F)(F)F)c(Cl)c3C)NC(=O)CO)CC2)c(Cl)cc1Cl. The number of benzene rings is 1. The second kappa shape index (κ2) is 10.8. The van der Waals surface area contributed by atoms with E-state index in [9.17, 15) is 23.1 Å². The van der Waals surface area contributed by atoms with Gasteiger partial charge in [-0.25, -0.2) is 0 Å². The first-order valence-corrected chi connectivity index (χ1v) is 11.6. The number of ether oxygens (including phenoxy) is 1. The van der Waals surface area contributed by atoms with Gasteiger partial charge in [0.2, 0.25) is 5.91 Å². The minimum absolute atomic E-state index is 0.0203. The summed E-state index contributed by atoms with van der Waals surface area (Å²) in [5, 5.41) is 15.9. The number of aromatic nitrogens is 2. The Kier molecular flexibility index (Phi) is 8.49. The van der Waals surface area contributed by atoms with E-state index in [1.807, 2.05) is 0 Å². The highest BCUT2D eigenvalue weighted by Crippen LogP contribution is 2.39. The summed E-state index contributed by atoms with van der Waals surface area (Å²) in [5.74, 6) is -0.218. The van der Waals surface area contributed by atoms with E-state index in [0.29, 0.717) is 41.7 Å². The smallest absolute Gasteiger partial charge is 0.436 e. The molecule has 1 aromatic heterocycles. The zero-order chi connectivity index (χ0) is 25.2. The molecule has 1 atom stereocenters. The van der Waals surface area contributed by atoms with Crippen molar-refractivity contribution in [3.63, 3.8) is 0 Å². The Morgan fingerprint density at radius 1 is 1.26 bits per heavy atom. The zero-order valence-electron chi connectivity index (χ0n) is 18.4. The molecule has 1 unspecified atom stereocenters. The lowest BCUT2D eigenvalue weighted by atomic mass is 9.88. The molecule has 0 saturated carbocycles. The quantitative estimate of drug-likeness (QED) is 0.535. The van der Waals surface area contributed by atoms with Gasteiger partial charge in [0.05, 0.1) is 46.1 Å². The topological polar surface area (TPSA) is 79.6 Å². The van der Waals surface area contributed by atoms with Crippen LogP contribution in [-0.4, -0.2) is 53.6 Å². The number of piperidine rings is 1. The van der Waals surface area contributed by atoms with Gasteiger partial charge in [-0.15, -0.1) is 0 Å². The van der Waals surface area contributed by atoms with Gasteiger partial charge in [-0.2, -0.15) is 18.3 Å². The van der Waals surface area contributed by atoms with Gasteiger partial charge < -0.3 is 20.1 Å². The molecular weight excluding hydrogens is 520 g/mol.